The standard InChI is InChI=1S/C21H24FN3O3/c1-14-9-10-17(22)19(12-14)25-11-5-6-15(13-25)23-20(26)16-7-3-4-8-18(16)24-21(27)28-2/h3-4,7-10,12,15H,5-6,11,13H2,1-2H3,(H,23,26)(H,24,27). The van der Waals surface area contributed by atoms with E-state index in [1.165, 1.54) is 13.2 Å². The van der Waals surface area contributed by atoms with Gasteiger partial charge in [0, 0.05) is 19.1 Å². The Balaban J connectivity index is 1.71. The molecule has 0 spiro atoms. The second-order valence-corrected chi connectivity index (χ2v) is 6.88. The Morgan fingerprint density at radius 1 is 1.21 bits per heavy atom. The SMILES string of the molecule is COC(=O)Nc1ccccc1C(=O)NC1CCCN(c2cc(C)ccc2F)C1. The molecule has 2 amide bonds. The number of ether oxygens (including phenoxy) is 1. The van der Waals surface area contributed by atoms with Gasteiger partial charge in [0.15, 0.2) is 0 Å². The molecule has 7 heteroatoms. The molecular weight excluding hydrogens is 361 g/mol. The Morgan fingerprint density at radius 3 is 2.79 bits per heavy atom. The molecule has 0 aromatic heterocycles. The number of benzene rings is 2. The molecule has 6 nitrogen and oxygen atoms in total. The monoisotopic (exact) mass is 385 g/mol. The van der Waals surface area contributed by atoms with Crippen LogP contribution in [0.25, 0.3) is 0 Å². The number of hydrogen-bond donors (Lipinski definition) is 2. The molecule has 3 rings (SSSR count). The highest BCUT2D eigenvalue weighted by atomic mass is 19.1. The minimum absolute atomic E-state index is 0.118. The van der Waals surface area contributed by atoms with E-state index in [9.17, 15) is 14.0 Å². The van der Waals surface area contributed by atoms with Crippen LogP contribution >= 0.6 is 0 Å². The largest absolute Gasteiger partial charge is 0.453 e. The number of piperidine rings is 1. The summed E-state index contributed by atoms with van der Waals surface area (Å²) >= 11 is 0. The number of carbonyl (C=O) groups is 2. The molecule has 2 aromatic carbocycles. The fraction of sp³-hybridized carbons (Fsp3) is 0.333. The van der Waals surface area contributed by atoms with Crippen molar-refractivity contribution in [2.24, 2.45) is 0 Å². The van der Waals surface area contributed by atoms with Gasteiger partial charge in [-0.15, -0.1) is 0 Å². The van der Waals surface area contributed by atoms with Gasteiger partial charge in [0.1, 0.15) is 5.82 Å². The zero-order valence-electron chi connectivity index (χ0n) is 16.0. The van der Waals surface area contributed by atoms with Crippen molar-refractivity contribution in [2.45, 2.75) is 25.8 Å². The van der Waals surface area contributed by atoms with E-state index in [0.717, 1.165) is 24.9 Å². The van der Waals surface area contributed by atoms with Crippen LogP contribution in [-0.2, 0) is 4.74 Å². The summed E-state index contributed by atoms with van der Waals surface area (Å²) in [6.07, 6.45) is 1.02. The molecular formula is C21H24FN3O3. The maximum absolute atomic E-state index is 14.2. The summed E-state index contributed by atoms with van der Waals surface area (Å²) in [4.78, 5) is 26.2. The van der Waals surface area contributed by atoms with Crippen molar-refractivity contribution in [2.75, 3.05) is 30.4 Å². The van der Waals surface area contributed by atoms with Gasteiger partial charge in [-0.2, -0.15) is 0 Å². The van der Waals surface area contributed by atoms with Gasteiger partial charge in [-0.1, -0.05) is 18.2 Å². The average molecular weight is 385 g/mol. The first-order valence-electron chi connectivity index (χ1n) is 9.24. The van der Waals surface area contributed by atoms with Gasteiger partial charge < -0.3 is 15.0 Å². The van der Waals surface area contributed by atoms with Crippen molar-refractivity contribution in [3.8, 4) is 0 Å². The summed E-state index contributed by atoms with van der Waals surface area (Å²) in [7, 11) is 1.26. The summed E-state index contributed by atoms with van der Waals surface area (Å²) < 4.78 is 18.8. The van der Waals surface area contributed by atoms with E-state index >= 15 is 0 Å². The van der Waals surface area contributed by atoms with E-state index in [4.69, 9.17) is 0 Å². The Hall–Kier alpha value is -3.09. The third-order valence-electron chi connectivity index (χ3n) is 4.79. The lowest BCUT2D eigenvalue weighted by Crippen LogP contribution is -2.48. The Labute approximate surface area is 163 Å². The molecule has 0 aliphatic carbocycles. The molecule has 1 atom stereocenters. The van der Waals surface area contributed by atoms with Crippen LogP contribution in [0.5, 0.6) is 0 Å². The van der Waals surface area contributed by atoms with Gasteiger partial charge in [-0.25, -0.2) is 9.18 Å². The van der Waals surface area contributed by atoms with Crippen LogP contribution < -0.4 is 15.5 Å². The molecule has 1 heterocycles. The summed E-state index contributed by atoms with van der Waals surface area (Å²) in [6.45, 7) is 3.20. The Morgan fingerprint density at radius 2 is 2.00 bits per heavy atom. The average Bonchev–Trinajstić information content (AvgIpc) is 2.70. The van der Waals surface area contributed by atoms with Crippen LogP contribution in [-0.4, -0.2) is 38.2 Å². The molecule has 0 saturated carbocycles. The molecule has 0 bridgehead atoms. The molecule has 0 radical (unpaired) electrons. The molecule has 148 valence electrons. The summed E-state index contributed by atoms with van der Waals surface area (Å²) in [6, 6.07) is 11.7. The minimum atomic E-state index is -0.640. The maximum atomic E-state index is 14.2. The number of nitrogens with zero attached hydrogens (tertiary/aromatic N) is 1. The molecule has 1 fully saturated rings. The highest BCUT2D eigenvalue weighted by Gasteiger charge is 2.24. The molecule has 2 aromatic rings. The summed E-state index contributed by atoms with van der Waals surface area (Å²) in [5.41, 5.74) is 2.29. The topological polar surface area (TPSA) is 70.7 Å². The zero-order valence-corrected chi connectivity index (χ0v) is 16.0. The predicted octanol–water partition coefficient (Wildman–Crippen LogP) is 3.71. The number of halogens is 1. The first-order chi connectivity index (χ1) is 13.5. The number of carbonyl (C=O) groups excluding carboxylic acids is 2. The molecule has 2 N–H and O–H groups in total. The number of nitrogens with one attached hydrogen (secondary N) is 2. The van der Waals surface area contributed by atoms with E-state index in [1.807, 2.05) is 17.9 Å². The lowest BCUT2D eigenvalue weighted by atomic mass is 10.0. The number of methoxy groups -OCH3 is 1. The lowest BCUT2D eigenvalue weighted by molar-refractivity contribution is 0.0934. The van der Waals surface area contributed by atoms with Crippen molar-refractivity contribution in [3.05, 3.63) is 59.4 Å². The summed E-state index contributed by atoms with van der Waals surface area (Å²) in [5.74, 6) is -0.547. The number of rotatable bonds is 4. The van der Waals surface area contributed by atoms with Crippen LogP contribution in [0.2, 0.25) is 0 Å². The molecule has 1 unspecified atom stereocenters. The van der Waals surface area contributed by atoms with Crippen molar-refractivity contribution in [1.82, 2.24) is 5.32 Å². The fourth-order valence-electron chi connectivity index (χ4n) is 3.39. The van der Waals surface area contributed by atoms with Crippen LogP contribution in [0, 0.1) is 12.7 Å². The first-order valence-corrected chi connectivity index (χ1v) is 9.24. The van der Waals surface area contributed by atoms with Gasteiger partial charge in [-0.3, -0.25) is 10.1 Å². The van der Waals surface area contributed by atoms with E-state index in [1.54, 1.807) is 30.3 Å². The van der Waals surface area contributed by atoms with Gasteiger partial charge in [-0.05, 0) is 49.6 Å². The van der Waals surface area contributed by atoms with Gasteiger partial charge in [0.2, 0.25) is 0 Å². The molecule has 1 saturated heterocycles. The summed E-state index contributed by atoms with van der Waals surface area (Å²) in [5, 5.41) is 5.55. The van der Waals surface area contributed by atoms with Crippen molar-refractivity contribution < 1.29 is 18.7 Å². The van der Waals surface area contributed by atoms with Gasteiger partial charge in [0.05, 0.1) is 24.0 Å². The number of para-hydroxylation sites is 1. The molecule has 28 heavy (non-hydrogen) atoms. The van der Waals surface area contributed by atoms with Crippen molar-refractivity contribution in [1.29, 1.82) is 0 Å². The van der Waals surface area contributed by atoms with Crippen LogP contribution in [0.3, 0.4) is 0 Å². The van der Waals surface area contributed by atoms with E-state index in [2.05, 4.69) is 15.4 Å². The highest BCUT2D eigenvalue weighted by Crippen LogP contribution is 2.25. The second kappa shape index (κ2) is 8.73. The van der Waals surface area contributed by atoms with E-state index in [-0.39, 0.29) is 17.8 Å². The number of aryl methyl sites for hydroxylation is 1. The third-order valence-corrected chi connectivity index (χ3v) is 4.79. The Kier molecular flexibility index (Phi) is 6.13. The van der Waals surface area contributed by atoms with Crippen LogP contribution in [0.15, 0.2) is 42.5 Å². The quantitative estimate of drug-likeness (QED) is 0.842. The molecule has 1 aliphatic heterocycles. The van der Waals surface area contributed by atoms with Gasteiger partial charge in [0.25, 0.3) is 5.91 Å². The molecule has 1 aliphatic rings. The predicted molar refractivity (Wildman–Crippen MR) is 106 cm³/mol. The zero-order chi connectivity index (χ0) is 20.1. The number of amides is 2. The Bertz CT molecular complexity index is 872. The minimum Gasteiger partial charge on any atom is -0.453 e. The maximum Gasteiger partial charge on any atom is 0.411 e. The second-order valence-electron chi connectivity index (χ2n) is 6.88. The van der Waals surface area contributed by atoms with Crippen molar-refractivity contribution in [3.63, 3.8) is 0 Å². The van der Waals surface area contributed by atoms with Gasteiger partial charge >= 0.3 is 6.09 Å². The van der Waals surface area contributed by atoms with Crippen LogP contribution in [0.4, 0.5) is 20.6 Å². The number of hydrogen-bond acceptors (Lipinski definition) is 4. The van der Waals surface area contributed by atoms with Crippen LogP contribution in [0.1, 0.15) is 28.8 Å². The number of anilines is 2. The highest BCUT2D eigenvalue weighted by molar-refractivity contribution is 6.02. The van der Waals surface area contributed by atoms with Crippen molar-refractivity contribution >= 4 is 23.4 Å². The van der Waals surface area contributed by atoms with E-state index in [0.29, 0.717) is 23.5 Å². The fourth-order valence-corrected chi connectivity index (χ4v) is 3.39. The van der Waals surface area contributed by atoms with E-state index < -0.39 is 6.09 Å². The third kappa shape index (κ3) is 4.60. The normalized spacial score (nSPS) is 16.4. The smallest absolute Gasteiger partial charge is 0.411 e. The lowest BCUT2D eigenvalue weighted by Gasteiger charge is -2.35. The first kappa shape index (κ1) is 19.7.